The van der Waals surface area contributed by atoms with Crippen LogP contribution >= 0.6 is 0 Å². The van der Waals surface area contributed by atoms with Crippen molar-refractivity contribution in [2.45, 2.75) is 51.6 Å². The molecule has 0 heterocycles. The van der Waals surface area contributed by atoms with E-state index in [2.05, 4.69) is 11.4 Å². The van der Waals surface area contributed by atoms with E-state index in [1.807, 2.05) is 43.3 Å². The van der Waals surface area contributed by atoms with Crippen LogP contribution in [0.2, 0.25) is 0 Å². The molecule has 0 atom stereocenters. The Balaban J connectivity index is 1.55. The van der Waals surface area contributed by atoms with Crippen molar-refractivity contribution in [2.75, 3.05) is 12.4 Å². The predicted octanol–water partition coefficient (Wildman–Crippen LogP) is 4.90. The normalized spacial score (nSPS) is 14.2. The van der Waals surface area contributed by atoms with Gasteiger partial charge in [0, 0.05) is 6.42 Å². The van der Waals surface area contributed by atoms with Crippen LogP contribution in [0.3, 0.4) is 0 Å². The molecule has 26 heavy (non-hydrogen) atoms. The van der Waals surface area contributed by atoms with Gasteiger partial charge in [0.25, 0.3) is 0 Å². The third-order valence-corrected chi connectivity index (χ3v) is 4.77. The number of nitrogens with one attached hydrogen (secondary N) is 1. The van der Waals surface area contributed by atoms with Crippen LogP contribution in [0.25, 0.3) is 0 Å². The van der Waals surface area contributed by atoms with Crippen molar-refractivity contribution in [1.29, 1.82) is 0 Å². The molecule has 0 aromatic heterocycles. The minimum Gasteiger partial charge on any atom is -0.495 e. The van der Waals surface area contributed by atoms with Crippen LogP contribution in [0.4, 0.5) is 5.69 Å². The van der Waals surface area contributed by atoms with Gasteiger partial charge in [-0.2, -0.15) is 0 Å². The molecule has 0 radical (unpaired) electrons. The molecular formula is C22H27NO3. The lowest BCUT2D eigenvalue weighted by Gasteiger charge is -2.14. The Hall–Kier alpha value is -2.49. The van der Waals surface area contributed by atoms with Crippen molar-refractivity contribution in [3.8, 4) is 11.5 Å². The van der Waals surface area contributed by atoms with E-state index < -0.39 is 0 Å². The molecule has 0 bridgehead atoms. The number of hydrogen-bond donors (Lipinski definition) is 1. The number of rotatable bonds is 7. The number of methoxy groups -OCH3 is 1. The van der Waals surface area contributed by atoms with Gasteiger partial charge in [-0.15, -0.1) is 0 Å². The van der Waals surface area contributed by atoms with E-state index in [1.165, 1.54) is 12.8 Å². The number of carbonyl (C=O) groups excluding carboxylic acids is 1. The van der Waals surface area contributed by atoms with Crippen LogP contribution < -0.4 is 14.8 Å². The summed E-state index contributed by atoms with van der Waals surface area (Å²) in [5, 5.41) is 2.95. The quantitative estimate of drug-likeness (QED) is 0.770. The van der Waals surface area contributed by atoms with Crippen molar-refractivity contribution < 1.29 is 14.3 Å². The highest BCUT2D eigenvalue weighted by molar-refractivity contribution is 5.92. The number of benzene rings is 2. The number of carbonyl (C=O) groups is 1. The van der Waals surface area contributed by atoms with Gasteiger partial charge in [-0.25, -0.2) is 0 Å². The van der Waals surface area contributed by atoms with Crippen molar-refractivity contribution in [3.05, 3.63) is 53.6 Å². The van der Waals surface area contributed by atoms with E-state index in [1.54, 1.807) is 7.11 Å². The van der Waals surface area contributed by atoms with E-state index >= 15 is 0 Å². The van der Waals surface area contributed by atoms with Crippen molar-refractivity contribution in [3.63, 3.8) is 0 Å². The van der Waals surface area contributed by atoms with E-state index in [4.69, 9.17) is 9.47 Å². The molecule has 0 spiro atoms. The first-order chi connectivity index (χ1) is 12.6. The maximum Gasteiger partial charge on any atom is 0.224 e. The average molecular weight is 353 g/mol. The fraction of sp³-hybridized carbons (Fsp3) is 0.409. The number of amides is 1. The summed E-state index contributed by atoms with van der Waals surface area (Å²) in [7, 11) is 1.61. The van der Waals surface area contributed by atoms with Crippen LogP contribution in [0.1, 0.15) is 43.2 Å². The largest absolute Gasteiger partial charge is 0.495 e. The molecule has 1 saturated carbocycles. The Bertz CT molecular complexity index is 751. The second kappa shape index (κ2) is 8.75. The Morgan fingerprint density at radius 1 is 1.15 bits per heavy atom. The summed E-state index contributed by atoms with van der Waals surface area (Å²) in [5.41, 5.74) is 2.92. The van der Waals surface area contributed by atoms with Gasteiger partial charge < -0.3 is 14.8 Å². The van der Waals surface area contributed by atoms with Gasteiger partial charge in [0.15, 0.2) is 0 Å². The molecule has 1 amide bonds. The number of ether oxygens (including phenoxy) is 2. The van der Waals surface area contributed by atoms with Gasteiger partial charge in [0.05, 0.1) is 18.9 Å². The Morgan fingerprint density at radius 3 is 2.73 bits per heavy atom. The second-order valence-electron chi connectivity index (χ2n) is 6.92. The summed E-state index contributed by atoms with van der Waals surface area (Å²) in [6.07, 6.45) is 6.25. The smallest absolute Gasteiger partial charge is 0.224 e. The van der Waals surface area contributed by atoms with E-state index in [-0.39, 0.29) is 5.91 Å². The second-order valence-corrected chi connectivity index (χ2v) is 6.92. The molecule has 4 nitrogen and oxygen atoms in total. The summed E-state index contributed by atoms with van der Waals surface area (Å²) < 4.78 is 11.4. The minimum atomic E-state index is -0.0176. The molecule has 138 valence electrons. The summed E-state index contributed by atoms with van der Waals surface area (Å²) in [4.78, 5) is 12.3. The van der Waals surface area contributed by atoms with Gasteiger partial charge in [0.2, 0.25) is 5.91 Å². The maximum atomic E-state index is 12.3. The van der Waals surface area contributed by atoms with Crippen molar-refractivity contribution in [2.24, 2.45) is 0 Å². The monoisotopic (exact) mass is 353 g/mol. The number of aryl methyl sites for hydroxylation is 2. The first kappa shape index (κ1) is 18.3. The highest BCUT2D eigenvalue weighted by Gasteiger charge is 2.16. The van der Waals surface area contributed by atoms with Crippen LogP contribution in [-0.2, 0) is 11.2 Å². The van der Waals surface area contributed by atoms with E-state index in [9.17, 15) is 4.79 Å². The number of anilines is 1. The zero-order chi connectivity index (χ0) is 18.4. The molecule has 4 heteroatoms. The van der Waals surface area contributed by atoms with Crippen molar-refractivity contribution in [1.82, 2.24) is 0 Å². The molecule has 0 saturated heterocycles. The van der Waals surface area contributed by atoms with Gasteiger partial charge in [-0.3, -0.25) is 4.79 Å². The highest BCUT2D eigenvalue weighted by atomic mass is 16.5. The lowest BCUT2D eigenvalue weighted by molar-refractivity contribution is -0.116. The van der Waals surface area contributed by atoms with Crippen LogP contribution in [0.15, 0.2) is 42.5 Å². The van der Waals surface area contributed by atoms with Crippen LogP contribution in [0, 0.1) is 6.92 Å². The molecule has 0 unspecified atom stereocenters. The molecule has 1 aliphatic rings. The van der Waals surface area contributed by atoms with Gasteiger partial charge in [0.1, 0.15) is 11.5 Å². The van der Waals surface area contributed by atoms with Crippen LogP contribution in [-0.4, -0.2) is 19.1 Å². The Labute approximate surface area is 155 Å². The molecule has 0 aliphatic heterocycles. The van der Waals surface area contributed by atoms with Gasteiger partial charge >= 0.3 is 0 Å². The lowest BCUT2D eigenvalue weighted by Crippen LogP contribution is -2.13. The first-order valence-corrected chi connectivity index (χ1v) is 9.34. The average Bonchev–Trinajstić information content (AvgIpc) is 3.13. The fourth-order valence-corrected chi connectivity index (χ4v) is 3.36. The fourth-order valence-electron chi connectivity index (χ4n) is 3.36. The van der Waals surface area contributed by atoms with E-state index in [0.29, 0.717) is 24.7 Å². The summed E-state index contributed by atoms with van der Waals surface area (Å²) >= 11 is 0. The third kappa shape index (κ3) is 5.01. The zero-order valence-electron chi connectivity index (χ0n) is 15.6. The third-order valence-electron chi connectivity index (χ3n) is 4.77. The standard InChI is InChI=1S/C22H27NO3/c1-16-10-12-21(25-2)20(14-16)23-22(24)13-11-17-6-5-9-19(15-17)26-18-7-3-4-8-18/h5-6,9-10,12,14-15,18H,3-4,7-8,11,13H2,1-2H3,(H,23,24). The molecule has 3 rings (SSSR count). The topological polar surface area (TPSA) is 47.6 Å². The Morgan fingerprint density at radius 2 is 1.96 bits per heavy atom. The number of hydrogen-bond acceptors (Lipinski definition) is 3. The molecule has 2 aromatic rings. The molecule has 1 N–H and O–H groups in total. The molecule has 1 aliphatic carbocycles. The van der Waals surface area contributed by atoms with Crippen molar-refractivity contribution >= 4 is 11.6 Å². The predicted molar refractivity (Wildman–Crippen MR) is 104 cm³/mol. The molecule has 2 aromatic carbocycles. The minimum absolute atomic E-state index is 0.0176. The van der Waals surface area contributed by atoms with Crippen LogP contribution in [0.5, 0.6) is 11.5 Å². The van der Waals surface area contributed by atoms with Gasteiger partial charge in [-0.05, 0) is 74.4 Å². The highest BCUT2D eigenvalue weighted by Crippen LogP contribution is 2.26. The molecule has 1 fully saturated rings. The lowest BCUT2D eigenvalue weighted by atomic mass is 10.1. The summed E-state index contributed by atoms with van der Waals surface area (Å²) in [6, 6.07) is 13.9. The van der Waals surface area contributed by atoms with E-state index in [0.717, 1.165) is 35.4 Å². The zero-order valence-corrected chi connectivity index (χ0v) is 15.6. The molecular weight excluding hydrogens is 326 g/mol. The first-order valence-electron chi connectivity index (χ1n) is 9.34. The maximum absolute atomic E-state index is 12.3. The van der Waals surface area contributed by atoms with Gasteiger partial charge in [-0.1, -0.05) is 18.2 Å². The summed E-state index contributed by atoms with van der Waals surface area (Å²) in [6.45, 7) is 1.99. The Kier molecular flexibility index (Phi) is 6.16. The summed E-state index contributed by atoms with van der Waals surface area (Å²) in [5.74, 6) is 1.57. The SMILES string of the molecule is COc1ccc(C)cc1NC(=O)CCc1cccc(OC2CCCC2)c1.